The molecule has 26 heavy (non-hydrogen) atoms. The van der Waals surface area contributed by atoms with Crippen molar-refractivity contribution in [2.75, 3.05) is 5.32 Å². The molecule has 0 saturated heterocycles. The van der Waals surface area contributed by atoms with E-state index in [0.717, 1.165) is 11.8 Å². The van der Waals surface area contributed by atoms with Crippen molar-refractivity contribution in [1.82, 2.24) is 15.2 Å². The second kappa shape index (κ2) is 8.07. The first-order chi connectivity index (χ1) is 12.5. The number of halogens is 3. The Bertz CT molecular complexity index is 930. The van der Waals surface area contributed by atoms with Gasteiger partial charge in [-0.1, -0.05) is 53.2 Å². The minimum Gasteiger partial charge on any atom is -0.323 e. The number of aromatic nitrogens is 3. The van der Waals surface area contributed by atoms with Gasteiger partial charge >= 0.3 is 0 Å². The Labute approximate surface area is 163 Å². The molecule has 0 aliphatic carbocycles. The predicted octanol–water partition coefficient (Wildman–Crippen LogP) is 5.04. The van der Waals surface area contributed by atoms with Gasteiger partial charge in [0.2, 0.25) is 11.1 Å². The van der Waals surface area contributed by atoms with Crippen LogP contribution in [0.1, 0.15) is 6.92 Å². The third-order valence-electron chi connectivity index (χ3n) is 3.46. The molecule has 0 saturated carbocycles. The SMILES string of the molecule is C[C@H](Sc1n[nH]c(-c2ccccc2F)n1)C(=O)Nc1c(Cl)cccc1Cl. The number of hydrogen-bond donors (Lipinski definition) is 2. The van der Waals surface area contributed by atoms with Crippen LogP contribution in [0.15, 0.2) is 47.6 Å². The fraction of sp³-hybridized carbons (Fsp3) is 0.118. The third-order valence-corrected chi connectivity index (χ3v) is 5.05. The topological polar surface area (TPSA) is 70.7 Å². The first kappa shape index (κ1) is 18.7. The van der Waals surface area contributed by atoms with Gasteiger partial charge in [0.05, 0.1) is 26.5 Å². The summed E-state index contributed by atoms with van der Waals surface area (Å²) >= 11 is 13.2. The van der Waals surface area contributed by atoms with Crippen LogP contribution in [-0.2, 0) is 4.79 Å². The number of nitrogens with zero attached hydrogens (tertiary/aromatic N) is 2. The molecule has 3 rings (SSSR count). The number of aromatic amines is 1. The van der Waals surface area contributed by atoms with Crippen LogP contribution in [0, 0.1) is 5.82 Å². The lowest BCUT2D eigenvalue weighted by Crippen LogP contribution is -2.22. The molecule has 3 aromatic rings. The molecule has 0 aliphatic heterocycles. The fourth-order valence-electron chi connectivity index (χ4n) is 2.13. The van der Waals surface area contributed by atoms with E-state index in [0.29, 0.717) is 32.3 Å². The molecular formula is C17H13Cl2FN4OS. The van der Waals surface area contributed by atoms with Gasteiger partial charge in [-0.3, -0.25) is 9.89 Å². The molecule has 1 heterocycles. The largest absolute Gasteiger partial charge is 0.323 e. The lowest BCUT2D eigenvalue weighted by molar-refractivity contribution is -0.115. The Hall–Kier alpha value is -2.09. The first-order valence-corrected chi connectivity index (χ1v) is 9.18. The summed E-state index contributed by atoms with van der Waals surface area (Å²) in [5.41, 5.74) is 0.669. The maximum Gasteiger partial charge on any atom is 0.237 e. The molecular weight excluding hydrogens is 398 g/mol. The second-order valence-corrected chi connectivity index (χ2v) is 7.41. The van der Waals surface area contributed by atoms with Gasteiger partial charge in [-0.05, 0) is 31.2 Å². The number of carbonyl (C=O) groups is 1. The third kappa shape index (κ3) is 4.17. The smallest absolute Gasteiger partial charge is 0.237 e. The monoisotopic (exact) mass is 410 g/mol. The van der Waals surface area contributed by atoms with E-state index in [1.54, 1.807) is 43.3 Å². The highest BCUT2D eigenvalue weighted by molar-refractivity contribution is 8.00. The van der Waals surface area contributed by atoms with Crippen molar-refractivity contribution in [2.45, 2.75) is 17.3 Å². The van der Waals surface area contributed by atoms with Crippen molar-refractivity contribution in [1.29, 1.82) is 0 Å². The van der Waals surface area contributed by atoms with Gasteiger partial charge in [-0.15, -0.1) is 5.10 Å². The molecule has 0 fully saturated rings. The number of nitrogens with one attached hydrogen (secondary N) is 2. The average molecular weight is 411 g/mol. The molecule has 0 bridgehead atoms. The molecule has 2 N–H and O–H groups in total. The van der Waals surface area contributed by atoms with E-state index < -0.39 is 11.1 Å². The van der Waals surface area contributed by atoms with Crippen molar-refractivity contribution in [3.05, 3.63) is 58.3 Å². The van der Waals surface area contributed by atoms with Gasteiger partial charge in [0.15, 0.2) is 5.82 Å². The van der Waals surface area contributed by atoms with Crippen LogP contribution in [0.3, 0.4) is 0 Å². The highest BCUT2D eigenvalue weighted by atomic mass is 35.5. The molecule has 1 aromatic heterocycles. The van der Waals surface area contributed by atoms with E-state index in [1.165, 1.54) is 6.07 Å². The summed E-state index contributed by atoms with van der Waals surface area (Å²) in [6.07, 6.45) is 0. The van der Waals surface area contributed by atoms with E-state index in [4.69, 9.17) is 23.2 Å². The Morgan fingerprint density at radius 3 is 2.58 bits per heavy atom. The van der Waals surface area contributed by atoms with Crippen molar-refractivity contribution in [2.24, 2.45) is 0 Å². The molecule has 0 unspecified atom stereocenters. The summed E-state index contributed by atoms with van der Waals surface area (Å²) in [7, 11) is 0. The number of anilines is 1. The standard InChI is InChI=1S/C17H13Cl2FN4OS/c1-9(16(25)21-14-11(18)6-4-7-12(14)19)26-17-22-15(23-24-17)10-5-2-3-8-13(10)20/h2-9H,1H3,(H,21,25)(H,22,23,24)/t9-/m0/s1. The minimum atomic E-state index is -0.522. The lowest BCUT2D eigenvalue weighted by Gasteiger charge is -2.12. The number of H-pyrrole nitrogens is 1. The van der Waals surface area contributed by atoms with Crippen LogP contribution in [0.25, 0.3) is 11.4 Å². The van der Waals surface area contributed by atoms with Gasteiger partial charge in [-0.25, -0.2) is 9.37 Å². The fourth-order valence-corrected chi connectivity index (χ4v) is 3.34. The summed E-state index contributed by atoms with van der Waals surface area (Å²) in [5, 5.41) is 9.91. The number of para-hydroxylation sites is 1. The lowest BCUT2D eigenvalue weighted by atomic mass is 10.2. The van der Waals surface area contributed by atoms with E-state index in [-0.39, 0.29) is 5.91 Å². The summed E-state index contributed by atoms with van der Waals surface area (Å²) in [4.78, 5) is 16.6. The van der Waals surface area contributed by atoms with Gasteiger partial charge in [0.25, 0.3) is 0 Å². The quantitative estimate of drug-likeness (QED) is 0.578. The number of hydrogen-bond acceptors (Lipinski definition) is 4. The van der Waals surface area contributed by atoms with Crippen molar-refractivity contribution < 1.29 is 9.18 Å². The molecule has 2 aromatic carbocycles. The van der Waals surface area contributed by atoms with Gasteiger partial charge < -0.3 is 5.32 Å². The van der Waals surface area contributed by atoms with Crippen LogP contribution in [0.5, 0.6) is 0 Å². The molecule has 0 aliphatic rings. The summed E-state index contributed by atoms with van der Waals surface area (Å²) in [5.74, 6) is -0.408. The van der Waals surface area contributed by atoms with E-state index in [9.17, 15) is 9.18 Å². The zero-order valence-corrected chi connectivity index (χ0v) is 15.8. The average Bonchev–Trinajstić information content (AvgIpc) is 3.06. The Morgan fingerprint density at radius 1 is 1.19 bits per heavy atom. The number of amides is 1. The highest BCUT2D eigenvalue weighted by Gasteiger charge is 2.20. The Morgan fingerprint density at radius 2 is 1.88 bits per heavy atom. The van der Waals surface area contributed by atoms with E-state index in [1.807, 2.05) is 0 Å². The predicted molar refractivity (Wildman–Crippen MR) is 102 cm³/mol. The summed E-state index contributed by atoms with van der Waals surface area (Å²) in [6, 6.07) is 11.2. The van der Waals surface area contributed by atoms with Crippen LogP contribution < -0.4 is 5.32 Å². The zero-order valence-electron chi connectivity index (χ0n) is 13.5. The minimum absolute atomic E-state index is 0.298. The number of rotatable bonds is 5. The maximum absolute atomic E-state index is 13.8. The number of thioether (sulfide) groups is 1. The molecule has 0 spiro atoms. The first-order valence-electron chi connectivity index (χ1n) is 7.54. The van der Waals surface area contributed by atoms with Crippen LogP contribution in [-0.4, -0.2) is 26.3 Å². The Kier molecular flexibility index (Phi) is 5.80. The van der Waals surface area contributed by atoms with Crippen molar-refractivity contribution in [3.63, 3.8) is 0 Å². The molecule has 5 nitrogen and oxygen atoms in total. The number of carbonyl (C=O) groups excluding carboxylic acids is 1. The summed E-state index contributed by atoms with van der Waals surface area (Å²) < 4.78 is 13.8. The Balaban J connectivity index is 1.69. The molecule has 9 heteroatoms. The van der Waals surface area contributed by atoms with Crippen molar-refractivity contribution in [3.8, 4) is 11.4 Å². The zero-order chi connectivity index (χ0) is 18.7. The molecule has 134 valence electrons. The summed E-state index contributed by atoms with van der Waals surface area (Å²) in [6.45, 7) is 1.70. The highest BCUT2D eigenvalue weighted by Crippen LogP contribution is 2.31. The van der Waals surface area contributed by atoms with Crippen molar-refractivity contribution >= 4 is 46.6 Å². The van der Waals surface area contributed by atoms with Gasteiger partial charge in [-0.2, -0.15) is 0 Å². The van der Waals surface area contributed by atoms with E-state index >= 15 is 0 Å². The number of benzene rings is 2. The normalized spacial score (nSPS) is 12.0. The van der Waals surface area contributed by atoms with E-state index in [2.05, 4.69) is 20.5 Å². The second-order valence-electron chi connectivity index (χ2n) is 5.29. The maximum atomic E-state index is 13.8. The van der Waals surface area contributed by atoms with Gasteiger partial charge in [0, 0.05) is 0 Å². The van der Waals surface area contributed by atoms with Crippen LogP contribution in [0.2, 0.25) is 10.0 Å². The molecule has 1 atom stereocenters. The van der Waals surface area contributed by atoms with Crippen LogP contribution in [0.4, 0.5) is 10.1 Å². The van der Waals surface area contributed by atoms with Gasteiger partial charge in [0.1, 0.15) is 5.82 Å². The molecule has 0 radical (unpaired) electrons. The van der Waals surface area contributed by atoms with Crippen LogP contribution >= 0.6 is 35.0 Å². The molecule has 1 amide bonds.